The fraction of sp³-hybridized carbons (Fsp3) is 0.375. The van der Waals surface area contributed by atoms with Gasteiger partial charge in [0.15, 0.2) is 0 Å². The van der Waals surface area contributed by atoms with E-state index >= 15 is 0 Å². The lowest BCUT2D eigenvalue weighted by Crippen LogP contribution is -2.49. The van der Waals surface area contributed by atoms with Gasteiger partial charge in [0, 0.05) is 38.3 Å². The molecule has 3 rings (SSSR count). The number of nitrogens with one attached hydrogen (secondary N) is 2. The molecule has 4 N–H and O–H groups in total. The van der Waals surface area contributed by atoms with Crippen molar-refractivity contribution >= 4 is 17.6 Å². The highest BCUT2D eigenvalue weighted by atomic mass is 15.3. The monoisotopic (exact) mass is 298 g/mol. The van der Waals surface area contributed by atoms with Crippen molar-refractivity contribution in [3.8, 4) is 0 Å². The smallest absolute Gasteiger partial charge is 0.223 e. The summed E-state index contributed by atoms with van der Waals surface area (Å²) in [6, 6.07) is 12.6. The molecule has 0 aliphatic carbocycles. The third kappa shape index (κ3) is 3.65. The third-order valence-electron chi connectivity index (χ3n) is 3.74. The number of benzene rings is 1. The second kappa shape index (κ2) is 6.62. The standard InChI is InChI=1S/C16H22N6/c1-12-11-22(8-7-18-12)15-9-14(20-16(17)21-15)19-10-13-5-3-2-4-6-13/h2-6,9,12,18H,7-8,10-11H2,1H3,(H3,17,19,20,21)/t12-/m0/s1. The van der Waals surface area contributed by atoms with Gasteiger partial charge in [0.1, 0.15) is 11.6 Å². The molecule has 6 heteroatoms. The Kier molecular flexibility index (Phi) is 4.39. The van der Waals surface area contributed by atoms with Crippen LogP contribution in [-0.4, -0.2) is 35.6 Å². The fourth-order valence-corrected chi connectivity index (χ4v) is 2.63. The van der Waals surface area contributed by atoms with Crippen LogP contribution in [0.2, 0.25) is 0 Å². The first-order valence-electron chi connectivity index (χ1n) is 7.61. The Bertz CT molecular complexity index is 615. The summed E-state index contributed by atoms with van der Waals surface area (Å²) in [5, 5.41) is 6.74. The van der Waals surface area contributed by atoms with Crippen molar-refractivity contribution in [3.05, 3.63) is 42.0 Å². The summed E-state index contributed by atoms with van der Waals surface area (Å²) in [5.74, 6) is 1.95. The predicted molar refractivity (Wildman–Crippen MR) is 89.9 cm³/mol. The van der Waals surface area contributed by atoms with Crippen LogP contribution in [0.3, 0.4) is 0 Å². The van der Waals surface area contributed by atoms with Crippen molar-refractivity contribution in [1.29, 1.82) is 0 Å². The van der Waals surface area contributed by atoms with E-state index in [1.165, 1.54) is 5.56 Å². The van der Waals surface area contributed by atoms with Crippen molar-refractivity contribution in [2.45, 2.75) is 19.5 Å². The lowest BCUT2D eigenvalue weighted by atomic mass is 10.2. The molecule has 1 aromatic heterocycles. The molecule has 0 bridgehead atoms. The van der Waals surface area contributed by atoms with E-state index in [1.807, 2.05) is 24.3 Å². The molecule has 2 aromatic rings. The van der Waals surface area contributed by atoms with Crippen LogP contribution in [0.1, 0.15) is 12.5 Å². The largest absolute Gasteiger partial charge is 0.368 e. The van der Waals surface area contributed by atoms with Crippen LogP contribution < -0.4 is 21.3 Å². The van der Waals surface area contributed by atoms with Gasteiger partial charge in [-0.25, -0.2) is 0 Å². The number of hydrogen-bond donors (Lipinski definition) is 3. The molecule has 1 saturated heterocycles. The first-order valence-corrected chi connectivity index (χ1v) is 7.61. The van der Waals surface area contributed by atoms with Crippen molar-refractivity contribution in [1.82, 2.24) is 15.3 Å². The van der Waals surface area contributed by atoms with Gasteiger partial charge in [-0.1, -0.05) is 30.3 Å². The molecule has 0 saturated carbocycles. The number of piperazine rings is 1. The SMILES string of the molecule is C[C@H]1CN(c2cc(NCc3ccccc3)nc(N)n2)CCN1. The Hall–Kier alpha value is -2.34. The van der Waals surface area contributed by atoms with Gasteiger partial charge in [-0.3, -0.25) is 0 Å². The number of aromatic nitrogens is 2. The quantitative estimate of drug-likeness (QED) is 0.793. The fourth-order valence-electron chi connectivity index (χ4n) is 2.63. The molecule has 1 aromatic carbocycles. The van der Waals surface area contributed by atoms with Crippen molar-refractivity contribution in [2.24, 2.45) is 0 Å². The molecule has 0 radical (unpaired) electrons. The minimum absolute atomic E-state index is 0.305. The zero-order valence-corrected chi connectivity index (χ0v) is 12.8. The number of nitrogens with two attached hydrogens (primary N) is 1. The summed E-state index contributed by atoms with van der Waals surface area (Å²) in [7, 11) is 0. The Balaban J connectivity index is 1.72. The van der Waals surface area contributed by atoms with Crippen molar-refractivity contribution in [3.63, 3.8) is 0 Å². The van der Waals surface area contributed by atoms with E-state index in [4.69, 9.17) is 5.73 Å². The predicted octanol–water partition coefficient (Wildman–Crippen LogP) is 1.47. The zero-order valence-electron chi connectivity index (χ0n) is 12.8. The van der Waals surface area contributed by atoms with E-state index in [1.54, 1.807) is 0 Å². The van der Waals surface area contributed by atoms with E-state index < -0.39 is 0 Å². The minimum Gasteiger partial charge on any atom is -0.368 e. The average molecular weight is 298 g/mol. The van der Waals surface area contributed by atoms with Gasteiger partial charge in [-0.15, -0.1) is 0 Å². The van der Waals surface area contributed by atoms with Crippen LogP contribution in [-0.2, 0) is 6.54 Å². The van der Waals surface area contributed by atoms with E-state index in [-0.39, 0.29) is 0 Å². The summed E-state index contributed by atoms with van der Waals surface area (Å²) in [4.78, 5) is 10.9. The van der Waals surface area contributed by atoms with E-state index in [2.05, 4.69) is 44.6 Å². The second-order valence-corrected chi connectivity index (χ2v) is 5.61. The lowest BCUT2D eigenvalue weighted by molar-refractivity contribution is 0.482. The van der Waals surface area contributed by atoms with Crippen molar-refractivity contribution in [2.75, 3.05) is 35.6 Å². The lowest BCUT2D eigenvalue weighted by Gasteiger charge is -2.32. The molecule has 116 valence electrons. The topological polar surface area (TPSA) is 79.1 Å². The summed E-state index contributed by atoms with van der Waals surface area (Å²) < 4.78 is 0. The van der Waals surface area contributed by atoms with Crippen LogP contribution in [0.4, 0.5) is 17.6 Å². The van der Waals surface area contributed by atoms with Crippen LogP contribution >= 0.6 is 0 Å². The highest BCUT2D eigenvalue weighted by Crippen LogP contribution is 2.19. The molecule has 0 spiro atoms. The Morgan fingerprint density at radius 2 is 2.14 bits per heavy atom. The molecular weight excluding hydrogens is 276 g/mol. The molecule has 2 heterocycles. The van der Waals surface area contributed by atoms with E-state index in [0.29, 0.717) is 18.5 Å². The van der Waals surface area contributed by atoms with Crippen LogP contribution in [0, 0.1) is 0 Å². The van der Waals surface area contributed by atoms with Gasteiger partial charge in [0.05, 0.1) is 0 Å². The zero-order chi connectivity index (χ0) is 15.4. The molecule has 1 fully saturated rings. The molecule has 0 amide bonds. The van der Waals surface area contributed by atoms with Crippen LogP contribution in [0.15, 0.2) is 36.4 Å². The van der Waals surface area contributed by atoms with Gasteiger partial charge >= 0.3 is 0 Å². The molecule has 22 heavy (non-hydrogen) atoms. The molecule has 1 aliphatic rings. The van der Waals surface area contributed by atoms with Crippen LogP contribution in [0.25, 0.3) is 0 Å². The van der Waals surface area contributed by atoms with Crippen molar-refractivity contribution < 1.29 is 0 Å². The number of nitrogens with zero attached hydrogens (tertiary/aromatic N) is 3. The maximum Gasteiger partial charge on any atom is 0.223 e. The number of rotatable bonds is 4. The number of anilines is 3. The maximum absolute atomic E-state index is 5.87. The van der Waals surface area contributed by atoms with E-state index in [9.17, 15) is 0 Å². The number of hydrogen-bond acceptors (Lipinski definition) is 6. The number of nitrogen functional groups attached to an aromatic ring is 1. The van der Waals surface area contributed by atoms with Gasteiger partial charge in [0.2, 0.25) is 5.95 Å². The first-order chi connectivity index (χ1) is 10.7. The van der Waals surface area contributed by atoms with Gasteiger partial charge in [-0.05, 0) is 12.5 Å². The highest BCUT2D eigenvalue weighted by molar-refractivity contribution is 5.53. The van der Waals surface area contributed by atoms with E-state index in [0.717, 1.165) is 31.3 Å². The molecule has 1 atom stereocenters. The summed E-state index contributed by atoms with van der Waals surface area (Å²) in [5.41, 5.74) is 7.07. The summed E-state index contributed by atoms with van der Waals surface area (Å²) in [6.07, 6.45) is 0. The highest BCUT2D eigenvalue weighted by Gasteiger charge is 2.18. The van der Waals surface area contributed by atoms with Gasteiger partial charge < -0.3 is 21.3 Å². The summed E-state index contributed by atoms with van der Waals surface area (Å²) in [6.45, 7) is 5.70. The third-order valence-corrected chi connectivity index (χ3v) is 3.74. The Labute approximate surface area is 130 Å². The molecule has 6 nitrogen and oxygen atoms in total. The molecule has 1 aliphatic heterocycles. The summed E-state index contributed by atoms with van der Waals surface area (Å²) >= 11 is 0. The Morgan fingerprint density at radius 3 is 2.91 bits per heavy atom. The van der Waals surface area contributed by atoms with Gasteiger partial charge in [-0.2, -0.15) is 9.97 Å². The second-order valence-electron chi connectivity index (χ2n) is 5.61. The normalized spacial score (nSPS) is 18.2. The minimum atomic E-state index is 0.305. The molecule has 0 unspecified atom stereocenters. The van der Waals surface area contributed by atoms with Crippen LogP contribution in [0.5, 0.6) is 0 Å². The maximum atomic E-state index is 5.87. The Morgan fingerprint density at radius 1 is 1.32 bits per heavy atom. The average Bonchev–Trinajstić information content (AvgIpc) is 2.53. The molecular formula is C16H22N6. The van der Waals surface area contributed by atoms with Gasteiger partial charge in [0.25, 0.3) is 0 Å². The first kappa shape index (κ1) is 14.6.